The van der Waals surface area contributed by atoms with Crippen LogP contribution in [-0.2, 0) is 4.79 Å². The van der Waals surface area contributed by atoms with Gasteiger partial charge in [0.05, 0.1) is 28.4 Å². The molecule has 1 heterocycles. The number of benzene rings is 2. The number of carbonyl (C=O) groups excluding carboxylic acids is 1. The summed E-state index contributed by atoms with van der Waals surface area (Å²) in [4.78, 5) is 13.1. The van der Waals surface area contributed by atoms with E-state index in [1.165, 1.54) is 0 Å². The molecule has 5 nitrogen and oxygen atoms in total. The highest BCUT2D eigenvalue weighted by atomic mass is 32.2. The van der Waals surface area contributed by atoms with Crippen molar-refractivity contribution >= 4 is 29.7 Å². The van der Waals surface area contributed by atoms with Crippen LogP contribution in [0.3, 0.4) is 0 Å². The largest absolute Gasteiger partial charge is 0.497 e. The first-order valence-corrected chi connectivity index (χ1v) is 10.2. The van der Waals surface area contributed by atoms with Crippen LogP contribution in [0.2, 0.25) is 0 Å². The van der Waals surface area contributed by atoms with Crippen molar-refractivity contribution in [2.45, 2.75) is 0 Å². The van der Waals surface area contributed by atoms with Gasteiger partial charge in [-0.25, -0.2) is 0 Å². The summed E-state index contributed by atoms with van der Waals surface area (Å²) in [7, 11) is 6.43. The maximum atomic E-state index is 13.1. The zero-order valence-electron chi connectivity index (χ0n) is 17.0. The first-order valence-electron chi connectivity index (χ1n) is 9.06. The monoisotopic (exact) mass is 412 g/mol. The van der Waals surface area contributed by atoms with Gasteiger partial charge in [0.1, 0.15) is 23.0 Å². The normalized spacial score (nSPS) is 16.8. The number of rotatable bonds is 6. The number of Topliss-reactive ketones (excluding diaryl/α,β-unsaturated/α-hetero) is 1. The molecule has 152 valence electrons. The Kier molecular flexibility index (Phi) is 6.88. The molecular weight excluding hydrogens is 388 g/mol. The van der Waals surface area contributed by atoms with Crippen molar-refractivity contribution in [1.82, 2.24) is 0 Å². The standard InChI is InChI=1S/C23H24O5S/c1-25-19-7-15(8-20(11-19)26-2)5-17-13-29-14-18(23(17)24)6-16-9-21(27-3)12-22(10-16)28-4/h5-12H,13-14H2,1-4H3/b17-5+,18-6+. The Hall–Kier alpha value is -2.86. The Morgan fingerprint density at radius 2 is 1.00 bits per heavy atom. The molecule has 0 spiro atoms. The van der Waals surface area contributed by atoms with Crippen LogP contribution in [0.1, 0.15) is 11.1 Å². The van der Waals surface area contributed by atoms with Crippen molar-refractivity contribution in [2.75, 3.05) is 39.9 Å². The van der Waals surface area contributed by atoms with E-state index in [0.29, 0.717) is 34.5 Å². The Morgan fingerprint density at radius 1 is 0.655 bits per heavy atom. The minimum absolute atomic E-state index is 0.0484. The number of methoxy groups -OCH3 is 4. The van der Waals surface area contributed by atoms with Gasteiger partial charge in [0.2, 0.25) is 0 Å². The third-order valence-corrected chi connectivity index (χ3v) is 5.56. The van der Waals surface area contributed by atoms with Crippen molar-refractivity contribution < 1.29 is 23.7 Å². The molecule has 6 heteroatoms. The number of hydrogen-bond acceptors (Lipinski definition) is 6. The molecule has 0 aromatic heterocycles. The summed E-state index contributed by atoms with van der Waals surface area (Å²) < 4.78 is 21.3. The van der Waals surface area contributed by atoms with Crippen molar-refractivity contribution in [1.29, 1.82) is 0 Å². The lowest BCUT2D eigenvalue weighted by atomic mass is 10.00. The van der Waals surface area contributed by atoms with Crippen LogP contribution in [0.4, 0.5) is 0 Å². The fraction of sp³-hybridized carbons (Fsp3) is 0.261. The summed E-state index contributed by atoms with van der Waals surface area (Å²) in [6, 6.07) is 11.2. The second-order valence-corrected chi connectivity index (χ2v) is 7.44. The van der Waals surface area contributed by atoms with Crippen LogP contribution < -0.4 is 18.9 Å². The lowest BCUT2D eigenvalue weighted by Crippen LogP contribution is -2.16. The molecule has 0 unspecified atom stereocenters. The molecule has 1 aliphatic heterocycles. The molecule has 0 aliphatic carbocycles. The third kappa shape index (κ3) is 5.15. The smallest absolute Gasteiger partial charge is 0.186 e. The highest BCUT2D eigenvalue weighted by molar-refractivity contribution is 7.99. The Bertz CT molecular complexity index is 842. The first kappa shape index (κ1) is 20.9. The molecule has 0 radical (unpaired) electrons. The van der Waals surface area contributed by atoms with Crippen LogP contribution in [0.15, 0.2) is 47.5 Å². The quantitative estimate of drug-likeness (QED) is 0.651. The molecule has 1 fully saturated rings. The molecular formula is C23H24O5S. The van der Waals surface area contributed by atoms with E-state index in [0.717, 1.165) is 22.3 Å². The Morgan fingerprint density at radius 3 is 1.31 bits per heavy atom. The van der Waals surface area contributed by atoms with Gasteiger partial charge in [-0.2, -0.15) is 11.8 Å². The average molecular weight is 413 g/mol. The van der Waals surface area contributed by atoms with Gasteiger partial charge in [-0.3, -0.25) is 4.79 Å². The van der Waals surface area contributed by atoms with E-state index in [2.05, 4.69) is 0 Å². The molecule has 1 saturated heterocycles. The van der Waals surface area contributed by atoms with E-state index in [-0.39, 0.29) is 5.78 Å². The van der Waals surface area contributed by atoms with Gasteiger partial charge in [0.25, 0.3) is 0 Å². The van der Waals surface area contributed by atoms with Gasteiger partial charge in [-0.05, 0) is 47.5 Å². The number of ether oxygens (including phenoxy) is 4. The number of ketones is 1. The number of thioether (sulfide) groups is 1. The molecule has 3 rings (SSSR count). The molecule has 29 heavy (non-hydrogen) atoms. The predicted molar refractivity (Wildman–Crippen MR) is 117 cm³/mol. The lowest BCUT2D eigenvalue weighted by molar-refractivity contribution is -0.112. The van der Waals surface area contributed by atoms with Crippen molar-refractivity contribution in [2.24, 2.45) is 0 Å². The van der Waals surface area contributed by atoms with Crippen LogP contribution in [0.25, 0.3) is 12.2 Å². The average Bonchev–Trinajstić information content (AvgIpc) is 2.75. The maximum absolute atomic E-state index is 13.1. The first-order chi connectivity index (χ1) is 14.1. The van der Waals surface area contributed by atoms with E-state index >= 15 is 0 Å². The summed E-state index contributed by atoms with van der Waals surface area (Å²) in [5, 5.41) is 0. The molecule has 0 atom stereocenters. The second-order valence-electron chi connectivity index (χ2n) is 6.45. The highest BCUT2D eigenvalue weighted by Gasteiger charge is 2.21. The maximum Gasteiger partial charge on any atom is 0.186 e. The predicted octanol–water partition coefficient (Wildman–Crippen LogP) is 4.50. The van der Waals surface area contributed by atoms with Gasteiger partial charge in [-0.15, -0.1) is 0 Å². The molecule has 0 amide bonds. The highest BCUT2D eigenvalue weighted by Crippen LogP contribution is 2.31. The molecule has 0 saturated carbocycles. The van der Waals surface area contributed by atoms with Crippen LogP contribution >= 0.6 is 11.8 Å². The third-order valence-electron chi connectivity index (χ3n) is 4.53. The summed E-state index contributed by atoms with van der Waals surface area (Å²) in [5.74, 6) is 4.12. The van der Waals surface area contributed by atoms with E-state index in [1.807, 2.05) is 36.4 Å². The summed E-state index contributed by atoms with van der Waals surface area (Å²) in [6.07, 6.45) is 3.80. The summed E-state index contributed by atoms with van der Waals surface area (Å²) in [6.45, 7) is 0. The van der Waals surface area contributed by atoms with Crippen LogP contribution in [0, 0.1) is 0 Å². The van der Waals surface area contributed by atoms with E-state index in [9.17, 15) is 4.79 Å². The number of hydrogen-bond donors (Lipinski definition) is 0. The zero-order chi connectivity index (χ0) is 20.8. The van der Waals surface area contributed by atoms with Crippen LogP contribution in [-0.4, -0.2) is 45.7 Å². The topological polar surface area (TPSA) is 54.0 Å². The van der Waals surface area contributed by atoms with Crippen molar-refractivity contribution in [3.63, 3.8) is 0 Å². The van der Waals surface area contributed by atoms with E-state index in [4.69, 9.17) is 18.9 Å². The zero-order valence-corrected chi connectivity index (χ0v) is 17.8. The summed E-state index contributed by atoms with van der Waals surface area (Å²) >= 11 is 1.71. The van der Waals surface area contributed by atoms with E-state index in [1.54, 1.807) is 52.3 Å². The van der Waals surface area contributed by atoms with Gasteiger partial charge in [0, 0.05) is 34.8 Å². The molecule has 0 bridgehead atoms. The molecule has 1 aliphatic rings. The molecule has 2 aromatic carbocycles. The minimum atomic E-state index is 0.0484. The van der Waals surface area contributed by atoms with Crippen molar-refractivity contribution in [3.8, 4) is 23.0 Å². The summed E-state index contributed by atoms with van der Waals surface area (Å²) in [5.41, 5.74) is 3.24. The SMILES string of the molecule is COc1cc(/C=C2\CSC/C(=C\c3cc(OC)cc(OC)c3)C2=O)cc(OC)c1. The van der Waals surface area contributed by atoms with E-state index < -0.39 is 0 Å². The van der Waals surface area contributed by atoms with Gasteiger partial charge < -0.3 is 18.9 Å². The fourth-order valence-corrected chi connectivity index (χ4v) is 4.02. The van der Waals surface area contributed by atoms with Gasteiger partial charge >= 0.3 is 0 Å². The fourth-order valence-electron chi connectivity index (χ4n) is 3.05. The van der Waals surface area contributed by atoms with Gasteiger partial charge in [-0.1, -0.05) is 0 Å². The molecule has 0 N–H and O–H groups in total. The van der Waals surface area contributed by atoms with Gasteiger partial charge in [0.15, 0.2) is 5.78 Å². The lowest BCUT2D eigenvalue weighted by Gasteiger charge is -2.17. The van der Waals surface area contributed by atoms with Crippen LogP contribution in [0.5, 0.6) is 23.0 Å². The molecule has 2 aromatic rings. The second kappa shape index (κ2) is 9.56. The Balaban J connectivity index is 1.93. The number of carbonyl (C=O) groups is 1. The van der Waals surface area contributed by atoms with Crippen molar-refractivity contribution in [3.05, 3.63) is 58.7 Å². The Labute approximate surface area is 175 Å². The minimum Gasteiger partial charge on any atom is -0.497 e.